The van der Waals surface area contributed by atoms with Gasteiger partial charge in [-0.15, -0.1) is 0 Å². The Labute approximate surface area is 139 Å². The molecule has 3 rings (SSSR count). The third-order valence-electron chi connectivity index (χ3n) is 4.62. The molecule has 7 heteroatoms. The van der Waals surface area contributed by atoms with E-state index in [1.54, 1.807) is 18.2 Å². The van der Waals surface area contributed by atoms with Gasteiger partial charge in [-0.1, -0.05) is 0 Å². The van der Waals surface area contributed by atoms with Crippen LogP contribution in [0.25, 0.3) is 11.0 Å². The quantitative estimate of drug-likeness (QED) is 0.801. The topological polar surface area (TPSA) is 87.2 Å². The number of H-pyrrole nitrogens is 1. The van der Waals surface area contributed by atoms with Gasteiger partial charge in [-0.05, 0) is 45.0 Å². The third-order valence-corrected chi connectivity index (χ3v) is 4.62. The fraction of sp³-hybridized carbons (Fsp3) is 0.471. The summed E-state index contributed by atoms with van der Waals surface area (Å²) in [6.07, 6.45) is 1.99. The van der Waals surface area contributed by atoms with Gasteiger partial charge in [-0.2, -0.15) is 0 Å². The molecule has 128 valence electrons. The maximum absolute atomic E-state index is 12.8. The fourth-order valence-corrected chi connectivity index (χ4v) is 3.44. The number of hydrogen-bond acceptors (Lipinski definition) is 4. The molecule has 1 aliphatic heterocycles. The molecule has 0 aliphatic carbocycles. The van der Waals surface area contributed by atoms with Crippen LogP contribution in [0.4, 0.5) is 0 Å². The Morgan fingerprint density at radius 1 is 1.38 bits per heavy atom. The molecule has 0 spiro atoms. The van der Waals surface area contributed by atoms with Crippen molar-refractivity contribution in [3.63, 3.8) is 0 Å². The lowest BCUT2D eigenvalue weighted by atomic mass is 10.1. The lowest BCUT2D eigenvalue weighted by Gasteiger charge is -2.24. The first-order valence-corrected chi connectivity index (χ1v) is 8.29. The second-order valence-corrected chi connectivity index (χ2v) is 6.09. The number of likely N-dealkylation sites (tertiary alicyclic amines) is 1. The average Bonchev–Trinajstić information content (AvgIpc) is 3.03. The van der Waals surface area contributed by atoms with Gasteiger partial charge in [0, 0.05) is 31.2 Å². The summed E-state index contributed by atoms with van der Waals surface area (Å²) in [7, 11) is 1.88. The predicted molar refractivity (Wildman–Crippen MR) is 92.5 cm³/mol. The molecular formula is C17H22N4O3. The number of nitrogens with zero attached hydrogens (tertiary/aromatic N) is 2. The van der Waals surface area contributed by atoms with Crippen molar-refractivity contribution >= 4 is 16.9 Å². The summed E-state index contributed by atoms with van der Waals surface area (Å²) in [6.45, 7) is 3.73. The number of amides is 1. The molecule has 0 saturated carbocycles. The van der Waals surface area contributed by atoms with E-state index < -0.39 is 11.1 Å². The number of nitrogens with one attached hydrogen (secondary N) is 2. The molecule has 1 aromatic heterocycles. The molecule has 2 N–H and O–H groups in total. The molecular weight excluding hydrogens is 308 g/mol. The summed E-state index contributed by atoms with van der Waals surface area (Å²) in [6, 6.07) is 5.32. The molecule has 1 unspecified atom stereocenters. The number of aromatic amines is 1. The van der Waals surface area contributed by atoms with E-state index in [0.717, 1.165) is 25.9 Å². The van der Waals surface area contributed by atoms with Crippen molar-refractivity contribution in [2.24, 2.45) is 0 Å². The second kappa shape index (κ2) is 6.60. The smallest absolute Gasteiger partial charge is 0.316 e. The molecule has 1 aliphatic rings. The molecule has 0 bridgehead atoms. The van der Waals surface area contributed by atoms with Gasteiger partial charge in [0.1, 0.15) is 0 Å². The first kappa shape index (κ1) is 16.4. The lowest BCUT2D eigenvalue weighted by Crippen LogP contribution is -2.41. The lowest BCUT2D eigenvalue weighted by molar-refractivity contribution is 0.0737. The Morgan fingerprint density at radius 3 is 2.88 bits per heavy atom. The third kappa shape index (κ3) is 2.75. The van der Waals surface area contributed by atoms with Crippen LogP contribution >= 0.6 is 0 Å². The van der Waals surface area contributed by atoms with Gasteiger partial charge < -0.3 is 19.8 Å². The van der Waals surface area contributed by atoms with E-state index in [0.29, 0.717) is 23.1 Å². The van der Waals surface area contributed by atoms with Crippen molar-refractivity contribution in [3.8, 4) is 0 Å². The Bertz CT molecular complexity index is 884. The molecule has 0 radical (unpaired) electrons. The van der Waals surface area contributed by atoms with E-state index in [1.165, 1.54) is 4.57 Å². The number of rotatable bonds is 4. The van der Waals surface area contributed by atoms with Crippen LogP contribution in [0.3, 0.4) is 0 Å². The Kier molecular flexibility index (Phi) is 4.53. The van der Waals surface area contributed by atoms with Crippen LogP contribution in [-0.4, -0.2) is 46.5 Å². The zero-order chi connectivity index (χ0) is 17.3. The highest BCUT2D eigenvalue weighted by Gasteiger charge is 2.29. The molecule has 24 heavy (non-hydrogen) atoms. The zero-order valence-electron chi connectivity index (χ0n) is 14.0. The summed E-state index contributed by atoms with van der Waals surface area (Å²) >= 11 is 0. The van der Waals surface area contributed by atoms with Gasteiger partial charge in [-0.25, -0.2) is 0 Å². The van der Waals surface area contributed by atoms with Crippen LogP contribution in [-0.2, 0) is 6.54 Å². The van der Waals surface area contributed by atoms with Gasteiger partial charge in [0.15, 0.2) is 0 Å². The SMILES string of the molecule is CCn1c(=O)c(=O)[nH]c2cc(C(=O)N3CCCC3CNC)ccc21. The molecule has 7 nitrogen and oxygen atoms in total. The number of carbonyl (C=O) groups is 1. The number of carbonyl (C=O) groups excluding carboxylic acids is 1. The van der Waals surface area contributed by atoms with E-state index in [4.69, 9.17) is 0 Å². The molecule has 1 fully saturated rings. The Hall–Kier alpha value is -2.41. The van der Waals surface area contributed by atoms with Gasteiger partial charge in [0.25, 0.3) is 5.91 Å². The van der Waals surface area contributed by atoms with Crippen LogP contribution < -0.4 is 16.4 Å². The van der Waals surface area contributed by atoms with E-state index in [9.17, 15) is 14.4 Å². The van der Waals surface area contributed by atoms with E-state index >= 15 is 0 Å². The van der Waals surface area contributed by atoms with Crippen molar-refractivity contribution in [2.75, 3.05) is 20.1 Å². The van der Waals surface area contributed by atoms with Crippen molar-refractivity contribution in [1.29, 1.82) is 0 Å². The van der Waals surface area contributed by atoms with Gasteiger partial charge in [-0.3, -0.25) is 14.4 Å². The number of likely N-dealkylation sites (N-methyl/N-ethyl adjacent to an activating group) is 1. The van der Waals surface area contributed by atoms with Crippen LogP contribution in [0.1, 0.15) is 30.1 Å². The van der Waals surface area contributed by atoms with Crippen LogP contribution in [0.2, 0.25) is 0 Å². The monoisotopic (exact) mass is 330 g/mol. The summed E-state index contributed by atoms with van der Waals surface area (Å²) in [5.74, 6) is -0.0373. The summed E-state index contributed by atoms with van der Waals surface area (Å²) in [5.41, 5.74) is 0.437. The summed E-state index contributed by atoms with van der Waals surface area (Å²) in [5, 5.41) is 3.12. The minimum atomic E-state index is -0.664. The van der Waals surface area contributed by atoms with Crippen LogP contribution in [0.5, 0.6) is 0 Å². The highest BCUT2D eigenvalue weighted by Crippen LogP contribution is 2.21. The number of aryl methyl sites for hydroxylation is 1. The maximum Gasteiger partial charge on any atom is 0.316 e. The predicted octanol–water partition coefficient (Wildman–Crippen LogP) is 0.534. The van der Waals surface area contributed by atoms with Gasteiger partial charge in [0.2, 0.25) is 0 Å². The van der Waals surface area contributed by atoms with E-state index in [2.05, 4.69) is 10.3 Å². The van der Waals surface area contributed by atoms with E-state index in [1.807, 2.05) is 18.9 Å². The van der Waals surface area contributed by atoms with Crippen LogP contribution in [0, 0.1) is 0 Å². The minimum Gasteiger partial charge on any atom is -0.334 e. The summed E-state index contributed by atoms with van der Waals surface area (Å²) < 4.78 is 1.42. The number of aromatic nitrogens is 2. The first-order chi connectivity index (χ1) is 11.6. The average molecular weight is 330 g/mol. The van der Waals surface area contributed by atoms with Gasteiger partial charge >= 0.3 is 11.1 Å². The minimum absolute atomic E-state index is 0.0373. The molecule has 1 aromatic carbocycles. The standard InChI is InChI=1S/C17H22N4O3/c1-3-20-14-7-6-11(9-13(14)19-15(22)17(20)24)16(23)21-8-4-5-12(21)10-18-2/h6-7,9,12,18H,3-5,8,10H2,1-2H3,(H,19,22). The van der Waals surface area contributed by atoms with Crippen molar-refractivity contribution in [2.45, 2.75) is 32.4 Å². The molecule has 1 saturated heterocycles. The van der Waals surface area contributed by atoms with Crippen molar-refractivity contribution in [3.05, 3.63) is 44.5 Å². The number of fused-ring (bicyclic) bond motifs is 1. The second-order valence-electron chi connectivity index (χ2n) is 6.09. The largest absolute Gasteiger partial charge is 0.334 e. The van der Waals surface area contributed by atoms with E-state index in [-0.39, 0.29) is 11.9 Å². The molecule has 2 aromatic rings. The zero-order valence-corrected chi connectivity index (χ0v) is 14.0. The molecule has 1 atom stereocenters. The molecule has 1 amide bonds. The summed E-state index contributed by atoms with van der Waals surface area (Å²) in [4.78, 5) is 41.0. The Morgan fingerprint density at radius 2 is 2.17 bits per heavy atom. The van der Waals surface area contributed by atoms with Gasteiger partial charge in [0.05, 0.1) is 11.0 Å². The highest BCUT2D eigenvalue weighted by atomic mass is 16.2. The maximum atomic E-state index is 12.8. The number of hydrogen-bond donors (Lipinski definition) is 2. The normalized spacial score (nSPS) is 17.6. The van der Waals surface area contributed by atoms with Crippen molar-refractivity contribution < 1.29 is 4.79 Å². The molecule has 2 heterocycles. The Balaban J connectivity index is 2.02. The highest BCUT2D eigenvalue weighted by molar-refractivity contribution is 5.97. The fourth-order valence-electron chi connectivity index (χ4n) is 3.44. The van der Waals surface area contributed by atoms with Crippen LogP contribution in [0.15, 0.2) is 27.8 Å². The number of benzene rings is 1. The first-order valence-electron chi connectivity index (χ1n) is 8.29. The van der Waals surface area contributed by atoms with Crippen molar-refractivity contribution in [1.82, 2.24) is 19.8 Å².